The van der Waals surface area contributed by atoms with Crippen LogP contribution in [0.15, 0.2) is 0 Å². The highest BCUT2D eigenvalue weighted by molar-refractivity contribution is 7.88. The average Bonchev–Trinajstić information content (AvgIpc) is 2.36. The predicted octanol–water partition coefficient (Wildman–Crippen LogP) is -1.25. The number of nitrogens with one attached hydrogen (secondary N) is 1. The molecule has 0 aromatic carbocycles. The van der Waals surface area contributed by atoms with E-state index in [9.17, 15) is 13.2 Å². The number of carbonyl (C=O) groups is 1. The fourth-order valence-electron chi connectivity index (χ4n) is 2.06. The number of piperidine rings is 1. The van der Waals surface area contributed by atoms with Gasteiger partial charge in [0.15, 0.2) is 0 Å². The first-order chi connectivity index (χ1) is 8.92. The van der Waals surface area contributed by atoms with Gasteiger partial charge in [0.25, 0.3) is 0 Å². The van der Waals surface area contributed by atoms with Crippen molar-refractivity contribution in [2.24, 2.45) is 11.7 Å². The molecule has 7 nitrogen and oxygen atoms in total. The van der Waals surface area contributed by atoms with E-state index in [2.05, 4.69) is 4.72 Å². The monoisotopic (exact) mass is 293 g/mol. The molecular weight excluding hydrogens is 270 g/mol. The van der Waals surface area contributed by atoms with E-state index in [1.807, 2.05) is 0 Å². The molecule has 1 fully saturated rings. The van der Waals surface area contributed by atoms with Crippen LogP contribution in [-0.2, 0) is 19.6 Å². The van der Waals surface area contributed by atoms with Gasteiger partial charge in [0.05, 0.1) is 12.9 Å². The van der Waals surface area contributed by atoms with Crippen LogP contribution >= 0.6 is 0 Å². The number of sulfonamides is 1. The van der Waals surface area contributed by atoms with Crippen LogP contribution in [0.4, 0.5) is 0 Å². The van der Waals surface area contributed by atoms with Crippen molar-refractivity contribution in [2.75, 3.05) is 45.6 Å². The molecule has 1 atom stereocenters. The molecule has 0 aromatic heterocycles. The molecule has 1 aliphatic heterocycles. The van der Waals surface area contributed by atoms with Crippen LogP contribution in [0.25, 0.3) is 0 Å². The lowest BCUT2D eigenvalue weighted by molar-refractivity contribution is -0.137. The van der Waals surface area contributed by atoms with Crippen LogP contribution < -0.4 is 10.5 Å². The highest BCUT2D eigenvalue weighted by Gasteiger charge is 2.24. The van der Waals surface area contributed by atoms with Crippen molar-refractivity contribution >= 4 is 15.9 Å². The number of carbonyl (C=O) groups excluding carboxylic acids is 1. The Hall–Kier alpha value is -0.700. The zero-order chi connectivity index (χ0) is 14.3. The van der Waals surface area contributed by atoms with E-state index in [-0.39, 0.29) is 18.4 Å². The summed E-state index contributed by atoms with van der Waals surface area (Å²) in [5.74, 6) is 0.111. The molecule has 19 heavy (non-hydrogen) atoms. The van der Waals surface area contributed by atoms with Crippen LogP contribution in [0, 0.1) is 5.92 Å². The van der Waals surface area contributed by atoms with Crippen molar-refractivity contribution in [3.63, 3.8) is 0 Å². The molecule has 3 N–H and O–H groups in total. The van der Waals surface area contributed by atoms with Gasteiger partial charge >= 0.3 is 0 Å². The number of hydrogen-bond acceptors (Lipinski definition) is 5. The normalized spacial score (nSPS) is 20.5. The molecule has 1 rings (SSSR count). The van der Waals surface area contributed by atoms with Gasteiger partial charge in [0.2, 0.25) is 15.9 Å². The van der Waals surface area contributed by atoms with Crippen LogP contribution in [0.5, 0.6) is 0 Å². The number of rotatable bonds is 7. The van der Waals surface area contributed by atoms with Crippen LogP contribution in [0.3, 0.4) is 0 Å². The van der Waals surface area contributed by atoms with Crippen molar-refractivity contribution in [2.45, 2.75) is 12.8 Å². The molecule has 0 bridgehead atoms. The summed E-state index contributed by atoms with van der Waals surface area (Å²) in [6.45, 7) is 2.48. The lowest BCUT2D eigenvalue weighted by atomic mass is 9.98. The summed E-state index contributed by atoms with van der Waals surface area (Å²) in [7, 11) is -3.17. The number of hydrogen-bond donors (Lipinski definition) is 2. The van der Waals surface area contributed by atoms with Gasteiger partial charge in [-0.2, -0.15) is 0 Å². The Morgan fingerprint density at radius 1 is 1.53 bits per heavy atom. The standard InChI is InChI=1S/C11H23N3O4S/c1-19(16,17)13-7-10-3-2-5-14(8-10)11(15)9-18-6-4-12/h10,13H,2-9,12H2,1H3. The molecule has 8 heteroatoms. The van der Waals surface area contributed by atoms with E-state index in [0.717, 1.165) is 19.1 Å². The molecule has 1 unspecified atom stereocenters. The summed E-state index contributed by atoms with van der Waals surface area (Å²) >= 11 is 0. The minimum atomic E-state index is -3.17. The van der Waals surface area contributed by atoms with E-state index >= 15 is 0 Å². The maximum Gasteiger partial charge on any atom is 0.248 e. The second-order valence-corrected chi connectivity index (χ2v) is 6.64. The second-order valence-electron chi connectivity index (χ2n) is 4.81. The number of likely N-dealkylation sites (tertiary alicyclic amines) is 1. The highest BCUT2D eigenvalue weighted by Crippen LogP contribution is 2.16. The maximum atomic E-state index is 11.8. The molecule has 1 amide bonds. The number of amides is 1. The van der Waals surface area contributed by atoms with Gasteiger partial charge in [-0.25, -0.2) is 13.1 Å². The molecule has 1 aliphatic rings. The second kappa shape index (κ2) is 7.78. The van der Waals surface area contributed by atoms with Crippen LogP contribution in [0.2, 0.25) is 0 Å². The Labute approximate surface area is 114 Å². The topological polar surface area (TPSA) is 102 Å². The average molecular weight is 293 g/mol. The first-order valence-electron chi connectivity index (χ1n) is 6.42. The third kappa shape index (κ3) is 6.86. The zero-order valence-corrected chi connectivity index (χ0v) is 12.1. The van der Waals surface area contributed by atoms with Gasteiger partial charge in [0.1, 0.15) is 6.61 Å². The fraction of sp³-hybridized carbons (Fsp3) is 0.909. The van der Waals surface area contributed by atoms with E-state index < -0.39 is 10.0 Å². The van der Waals surface area contributed by atoms with Gasteiger partial charge in [-0.3, -0.25) is 4.79 Å². The molecule has 0 radical (unpaired) electrons. The lowest BCUT2D eigenvalue weighted by Gasteiger charge is -2.32. The largest absolute Gasteiger partial charge is 0.370 e. The molecule has 0 spiro atoms. The van der Waals surface area contributed by atoms with Gasteiger partial charge in [-0.1, -0.05) is 0 Å². The van der Waals surface area contributed by atoms with E-state index in [1.165, 1.54) is 0 Å². The highest BCUT2D eigenvalue weighted by atomic mass is 32.2. The minimum Gasteiger partial charge on any atom is -0.370 e. The lowest BCUT2D eigenvalue weighted by Crippen LogP contribution is -2.45. The van der Waals surface area contributed by atoms with Crippen molar-refractivity contribution in [3.8, 4) is 0 Å². The fourth-order valence-corrected chi connectivity index (χ4v) is 2.60. The first kappa shape index (κ1) is 16.4. The number of ether oxygens (including phenoxy) is 1. The number of nitrogens with two attached hydrogens (primary N) is 1. The van der Waals surface area contributed by atoms with Crippen molar-refractivity contribution in [1.29, 1.82) is 0 Å². The Bertz CT molecular complexity index is 385. The zero-order valence-electron chi connectivity index (χ0n) is 11.3. The Balaban J connectivity index is 2.34. The summed E-state index contributed by atoms with van der Waals surface area (Å²) in [4.78, 5) is 13.6. The molecule has 0 aromatic rings. The summed E-state index contributed by atoms with van der Waals surface area (Å²) in [5, 5.41) is 0. The van der Waals surface area contributed by atoms with Crippen molar-refractivity contribution in [3.05, 3.63) is 0 Å². The summed E-state index contributed by atoms with van der Waals surface area (Å²) in [5.41, 5.74) is 5.28. The van der Waals surface area contributed by atoms with Gasteiger partial charge in [-0.15, -0.1) is 0 Å². The smallest absolute Gasteiger partial charge is 0.248 e. The van der Waals surface area contributed by atoms with E-state index in [0.29, 0.717) is 32.8 Å². The Kier molecular flexibility index (Phi) is 6.70. The SMILES string of the molecule is CS(=O)(=O)NCC1CCCN(C(=O)COCCN)C1. The Morgan fingerprint density at radius 3 is 2.89 bits per heavy atom. The maximum absolute atomic E-state index is 11.8. The van der Waals surface area contributed by atoms with Crippen molar-refractivity contribution in [1.82, 2.24) is 9.62 Å². The quantitative estimate of drug-likeness (QED) is 0.571. The van der Waals surface area contributed by atoms with Gasteiger partial charge < -0.3 is 15.4 Å². The summed E-state index contributed by atoms with van der Waals surface area (Å²) in [6, 6.07) is 0. The predicted molar refractivity (Wildman–Crippen MR) is 72.0 cm³/mol. The molecule has 1 heterocycles. The summed E-state index contributed by atoms with van der Waals surface area (Å²) < 4.78 is 29.7. The minimum absolute atomic E-state index is 0.0451. The third-order valence-electron chi connectivity index (χ3n) is 2.99. The van der Waals surface area contributed by atoms with Crippen LogP contribution in [-0.4, -0.2) is 64.9 Å². The Morgan fingerprint density at radius 2 is 2.26 bits per heavy atom. The molecule has 0 saturated carbocycles. The van der Waals surface area contributed by atoms with Gasteiger partial charge in [0, 0.05) is 26.2 Å². The van der Waals surface area contributed by atoms with E-state index in [4.69, 9.17) is 10.5 Å². The van der Waals surface area contributed by atoms with Crippen LogP contribution in [0.1, 0.15) is 12.8 Å². The molecule has 1 saturated heterocycles. The van der Waals surface area contributed by atoms with E-state index in [1.54, 1.807) is 4.90 Å². The number of nitrogens with zero attached hydrogens (tertiary/aromatic N) is 1. The van der Waals surface area contributed by atoms with Gasteiger partial charge in [-0.05, 0) is 18.8 Å². The third-order valence-corrected chi connectivity index (χ3v) is 3.68. The van der Waals surface area contributed by atoms with Crippen molar-refractivity contribution < 1.29 is 17.9 Å². The molecule has 0 aliphatic carbocycles. The molecule has 112 valence electrons. The first-order valence-corrected chi connectivity index (χ1v) is 8.31. The summed E-state index contributed by atoms with van der Waals surface area (Å²) in [6.07, 6.45) is 2.95. The molecular formula is C11H23N3O4S.